The van der Waals surface area contributed by atoms with Gasteiger partial charge in [0.15, 0.2) is 0 Å². The second-order valence-corrected chi connectivity index (χ2v) is 4.88. The summed E-state index contributed by atoms with van der Waals surface area (Å²) in [7, 11) is 0. The summed E-state index contributed by atoms with van der Waals surface area (Å²) in [6, 6.07) is 2.97. The van der Waals surface area contributed by atoms with Crippen LogP contribution in [0.25, 0.3) is 0 Å². The summed E-state index contributed by atoms with van der Waals surface area (Å²) in [6.07, 6.45) is -1.86. The van der Waals surface area contributed by atoms with Gasteiger partial charge in [-0.2, -0.15) is 13.2 Å². The third-order valence-electron chi connectivity index (χ3n) is 3.48. The Morgan fingerprint density at radius 3 is 2.53 bits per heavy atom. The van der Waals surface area contributed by atoms with E-state index in [1.54, 1.807) is 0 Å². The van der Waals surface area contributed by atoms with Crippen LogP contribution in [0.4, 0.5) is 17.6 Å². The van der Waals surface area contributed by atoms with Crippen molar-refractivity contribution in [3.8, 4) is 0 Å². The predicted molar refractivity (Wildman–Crippen MR) is 63.2 cm³/mol. The third-order valence-corrected chi connectivity index (χ3v) is 3.48. The maximum Gasteiger partial charge on any atom is 0.433 e. The van der Waals surface area contributed by atoms with Gasteiger partial charge in [-0.1, -0.05) is 6.07 Å². The zero-order valence-electron chi connectivity index (χ0n) is 10.5. The van der Waals surface area contributed by atoms with Crippen LogP contribution in [0.5, 0.6) is 0 Å². The Labute approximate surface area is 109 Å². The van der Waals surface area contributed by atoms with Crippen LogP contribution in [-0.2, 0) is 12.7 Å². The molecule has 1 saturated heterocycles. The molecule has 1 aliphatic heterocycles. The molecule has 0 unspecified atom stereocenters. The second-order valence-electron chi connectivity index (χ2n) is 4.88. The molecular weight excluding hydrogens is 260 g/mol. The molecule has 2 heterocycles. The monoisotopic (exact) mass is 276 g/mol. The van der Waals surface area contributed by atoms with E-state index in [4.69, 9.17) is 0 Å². The van der Waals surface area contributed by atoms with Gasteiger partial charge < -0.3 is 0 Å². The molecule has 106 valence electrons. The number of piperidine rings is 1. The summed E-state index contributed by atoms with van der Waals surface area (Å²) in [5, 5.41) is 0. The number of nitrogens with zero attached hydrogens (tertiary/aromatic N) is 2. The van der Waals surface area contributed by atoms with Gasteiger partial charge in [-0.3, -0.25) is 14.3 Å². The van der Waals surface area contributed by atoms with Gasteiger partial charge in [0.05, 0.1) is 6.67 Å². The maximum absolute atomic E-state index is 12.8. The molecule has 0 bridgehead atoms. The molecule has 2 rings (SSSR count). The Balaban J connectivity index is 2.04. The summed E-state index contributed by atoms with van der Waals surface area (Å²) in [4.78, 5) is 5.36. The molecule has 0 radical (unpaired) electrons. The van der Waals surface area contributed by atoms with E-state index in [1.807, 2.05) is 4.90 Å². The van der Waals surface area contributed by atoms with E-state index < -0.39 is 11.9 Å². The van der Waals surface area contributed by atoms with Crippen LogP contribution < -0.4 is 0 Å². The van der Waals surface area contributed by atoms with Crippen LogP contribution in [0.15, 0.2) is 18.3 Å². The fourth-order valence-electron chi connectivity index (χ4n) is 2.36. The second kappa shape index (κ2) is 5.86. The van der Waals surface area contributed by atoms with Gasteiger partial charge in [0, 0.05) is 12.7 Å². The largest absolute Gasteiger partial charge is 0.433 e. The van der Waals surface area contributed by atoms with Crippen LogP contribution >= 0.6 is 0 Å². The Morgan fingerprint density at radius 2 is 1.95 bits per heavy atom. The van der Waals surface area contributed by atoms with E-state index in [0.717, 1.165) is 6.20 Å². The Bertz CT molecular complexity index is 411. The van der Waals surface area contributed by atoms with E-state index in [9.17, 15) is 17.6 Å². The molecule has 6 heteroatoms. The van der Waals surface area contributed by atoms with Crippen molar-refractivity contribution in [1.82, 2.24) is 9.88 Å². The van der Waals surface area contributed by atoms with Gasteiger partial charge in [0.1, 0.15) is 5.69 Å². The first-order chi connectivity index (χ1) is 9.00. The molecule has 0 N–H and O–H groups in total. The number of likely N-dealkylation sites (tertiary alicyclic amines) is 1. The lowest BCUT2D eigenvalue weighted by Gasteiger charge is -2.31. The van der Waals surface area contributed by atoms with Crippen molar-refractivity contribution in [2.75, 3.05) is 19.8 Å². The Kier molecular flexibility index (Phi) is 4.39. The summed E-state index contributed by atoms with van der Waals surface area (Å²) in [5.41, 5.74) is -0.628. The van der Waals surface area contributed by atoms with Crippen LogP contribution in [0.1, 0.15) is 24.1 Å². The molecule has 0 amide bonds. The van der Waals surface area contributed by atoms with Gasteiger partial charge in [-0.05, 0) is 43.5 Å². The van der Waals surface area contributed by atoms with Crippen LogP contribution in [-0.4, -0.2) is 29.6 Å². The highest BCUT2D eigenvalue weighted by Gasteiger charge is 2.35. The normalized spacial score (nSPS) is 18.7. The quantitative estimate of drug-likeness (QED) is 0.788. The zero-order chi connectivity index (χ0) is 13.9. The SMILES string of the molecule is FCC1CCN(Cc2cccnc2C(F)(F)F)CC1. The van der Waals surface area contributed by atoms with E-state index in [1.165, 1.54) is 12.1 Å². The first kappa shape index (κ1) is 14.2. The minimum atomic E-state index is -4.42. The van der Waals surface area contributed by atoms with Crippen molar-refractivity contribution >= 4 is 0 Å². The highest BCUT2D eigenvalue weighted by Crippen LogP contribution is 2.31. The van der Waals surface area contributed by atoms with E-state index in [0.29, 0.717) is 25.9 Å². The Morgan fingerprint density at radius 1 is 1.26 bits per heavy atom. The lowest BCUT2D eigenvalue weighted by Crippen LogP contribution is -2.34. The maximum atomic E-state index is 12.8. The lowest BCUT2D eigenvalue weighted by molar-refractivity contribution is -0.142. The molecule has 2 nitrogen and oxygen atoms in total. The smallest absolute Gasteiger partial charge is 0.299 e. The van der Waals surface area contributed by atoms with Crippen molar-refractivity contribution in [2.45, 2.75) is 25.6 Å². The van der Waals surface area contributed by atoms with Crippen molar-refractivity contribution in [2.24, 2.45) is 5.92 Å². The number of hydrogen-bond donors (Lipinski definition) is 0. The predicted octanol–water partition coefficient (Wildman–Crippen LogP) is 3.28. The minimum absolute atomic E-state index is 0.0623. The molecule has 1 aromatic rings. The molecule has 0 atom stereocenters. The van der Waals surface area contributed by atoms with E-state index in [-0.39, 0.29) is 24.7 Å². The van der Waals surface area contributed by atoms with Gasteiger partial charge in [0.25, 0.3) is 0 Å². The minimum Gasteiger partial charge on any atom is -0.299 e. The summed E-state index contributed by atoms with van der Waals surface area (Å²) < 4.78 is 50.8. The lowest BCUT2D eigenvalue weighted by atomic mass is 9.98. The summed E-state index contributed by atoms with van der Waals surface area (Å²) in [5.74, 6) is 0.0623. The first-order valence-electron chi connectivity index (χ1n) is 6.30. The average Bonchev–Trinajstić information content (AvgIpc) is 2.39. The summed E-state index contributed by atoms with van der Waals surface area (Å²) >= 11 is 0. The van der Waals surface area contributed by atoms with Crippen molar-refractivity contribution in [1.29, 1.82) is 0 Å². The third kappa shape index (κ3) is 3.65. The topological polar surface area (TPSA) is 16.1 Å². The van der Waals surface area contributed by atoms with Crippen molar-refractivity contribution in [3.63, 3.8) is 0 Å². The Hall–Kier alpha value is -1.17. The molecule has 1 aromatic heterocycles. The van der Waals surface area contributed by atoms with Gasteiger partial charge in [-0.25, -0.2) is 0 Å². The van der Waals surface area contributed by atoms with Crippen molar-refractivity contribution in [3.05, 3.63) is 29.6 Å². The van der Waals surface area contributed by atoms with E-state index >= 15 is 0 Å². The highest BCUT2D eigenvalue weighted by atomic mass is 19.4. The highest BCUT2D eigenvalue weighted by molar-refractivity contribution is 5.22. The zero-order valence-corrected chi connectivity index (χ0v) is 10.5. The fraction of sp³-hybridized carbons (Fsp3) is 0.615. The first-order valence-corrected chi connectivity index (χ1v) is 6.30. The molecule has 0 saturated carbocycles. The average molecular weight is 276 g/mol. The standard InChI is InChI=1S/C13H16F4N2/c14-8-10-3-6-19(7-4-10)9-11-2-1-5-18-12(11)13(15,16)17/h1-2,5,10H,3-4,6-9H2. The molecular formula is C13H16F4N2. The van der Waals surface area contributed by atoms with Crippen molar-refractivity contribution < 1.29 is 17.6 Å². The van der Waals surface area contributed by atoms with Crippen LogP contribution in [0, 0.1) is 5.92 Å². The molecule has 0 spiro atoms. The number of halogens is 4. The number of hydrogen-bond acceptors (Lipinski definition) is 2. The molecule has 1 aliphatic rings. The summed E-state index contributed by atoms with van der Waals surface area (Å²) in [6.45, 7) is 1.16. The van der Waals surface area contributed by atoms with Gasteiger partial charge >= 0.3 is 6.18 Å². The van der Waals surface area contributed by atoms with Gasteiger partial charge in [0.2, 0.25) is 0 Å². The molecule has 0 aliphatic carbocycles. The number of aromatic nitrogens is 1. The fourth-order valence-corrected chi connectivity index (χ4v) is 2.36. The van der Waals surface area contributed by atoms with Gasteiger partial charge in [-0.15, -0.1) is 0 Å². The number of alkyl halides is 4. The number of pyridine rings is 1. The molecule has 1 fully saturated rings. The number of rotatable bonds is 3. The molecule has 0 aromatic carbocycles. The van der Waals surface area contributed by atoms with Crippen LogP contribution in [0.2, 0.25) is 0 Å². The van der Waals surface area contributed by atoms with Crippen LogP contribution in [0.3, 0.4) is 0 Å². The van der Waals surface area contributed by atoms with E-state index in [2.05, 4.69) is 4.98 Å². The molecule has 19 heavy (non-hydrogen) atoms.